The number of aryl methyl sites for hydroxylation is 1. The summed E-state index contributed by atoms with van der Waals surface area (Å²) in [4.78, 5) is 0. The lowest BCUT2D eigenvalue weighted by atomic mass is 10.0. The van der Waals surface area contributed by atoms with Crippen LogP contribution in [-0.2, 0) is 4.74 Å². The molecule has 1 aromatic rings. The molecule has 0 heterocycles. The largest absolute Gasteiger partial charge is 0.508 e. The Morgan fingerprint density at radius 1 is 1.54 bits per heavy atom. The third-order valence-corrected chi connectivity index (χ3v) is 1.93. The van der Waals surface area contributed by atoms with Gasteiger partial charge in [-0.3, -0.25) is 0 Å². The van der Waals surface area contributed by atoms with E-state index in [0.29, 0.717) is 6.61 Å². The third kappa shape index (κ3) is 2.44. The first-order chi connectivity index (χ1) is 6.15. The van der Waals surface area contributed by atoms with Crippen molar-refractivity contribution in [3.05, 3.63) is 29.3 Å². The molecule has 0 radical (unpaired) electrons. The van der Waals surface area contributed by atoms with Crippen LogP contribution in [0.3, 0.4) is 0 Å². The van der Waals surface area contributed by atoms with Crippen LogP contribution < -0.4 is 5.73 Å². The predicted octanol–water partition coefficient (Wildman–Crippen LogP) is 1.35. The van der Waals surface area contributed by atoms with Crippen LogP contribution in [0.1, 0.15) is 17.2 Å². The van der Waals surface area contributed by atoms with Crippen LogP contribution in [0.25, 0.3) is 0 Å². The van der Waals surface area contributed by atoms with Crippen LogP contribution in [-0.4, -0.2) is 18.8 Å². The molecular weight excluding hydrogens is 166 g/mol. The number of benzene rings is 1. The number of ether oxygens (including phenoxy) is 1. The fourth-order valence-electron chi connectivity index (χ4n) is 1.24. The summed E-state index contributed by atoms with van der Waals surface area (Å²) in [5.41, 5.74) is 7.61. The lowest BCUT2D eigenvalue weighted by Crippen LogP contribution is -2.16. The van der Waals surface area contributed by atoms with Gasteiger partial charge < -0.3 is 15.6 Å². The van der Waals surface area contributed by atoms with Gasteiger partial charge in [0.25, 0.3) is 0 Å². The molecular formula is C10H15NO2. The van der Waals surface area contributed by atoms with Crippen molar-refractivity contribution in [2.24, 2.45) is 5.73 Å². The minimum atomic E-state index is -0.259. The quantitative estimate of drug-likeness (QED) is 0.740. The zero-order valence-corrected chi connectivity index (χ0v) is 7.95. The van der Waals surface area contributed by atoms with E-state index in [1.54, 1.807) is 13.2 Å². The zero-order valence-electron chi connectivity index (χ0n) is 7.95. The van der Waals surface area contributed by atoms with Crippen LogP contribution in [0.4, 0.5) is 0 Å². The SMILES string of the molecule is COC[C@H](N)c1cc(C)ccc1O. The second-order valence-corrected chi connectivity index (χ2v) is 3.12. The number of hydrogen-bond donors (Lipinski definition) is 2. The smallest absolute Gasteiger partial charge is 0.120 e. The van der Waals surface area contributed by atoms with Crippen molar-refractivity contribution in [2.75, 3.05) is 13.7 Å². The monoisotopic (exact) mass is 181 g/mol. The molecule has 0 aliphatic heterocycles. The Morgan fingerprint density at radius 3 is 2.85 bits per heavy atom. The van der Waals surface area contributed by atoms with Gasteiger partial charge in [0.15, 0.2) is 0 Å². The number of rotatable bonds is 3. The molecule has 1 atom stereocenters. The molecule has 13 heavy (non-hydrogen) atoms. The molecule has 0 spiro atoms. The molecule has 0 fully saturated rings. The molecule has 3 heteroatoms. The Morgan fingerprint density at radius 2 is 2.23 bits per heavy atom. The Kier molecular flexibility index (Phi) is 3.28. The predicted molar refractivity (Wildman–Crippen MR) is 51.6 cm³/mol. The molecule has 0 aliphatic rings. The molecule has 0 saturated heterocycles. The fraction of sp³-hybridized carbons (Fsp3) is 0.400. The van der Waals surface area contributed by atoms with Gasteiger partial charge in [0, 0.05) is 12.7 Å². The van der Waals surface area contributed by atoms with Crippen LogP contribution >= 0.6 is 0 Å². The lowest BCUT2D eigenvalue weighted by Gasteiger charge is -2.12. The maximum Gasteiger partial charge on any atom is 0.120 e. The van der Waals surface area contributed by atoms with E-state index >= 15 is 0 Å². The average Bonchev–Trinajstić information content (AvgIpc) is 2.09. The fourth-order valence-corrected chi connectivity index (χ4v) is 1.24. The van der Waals surface area contributed by atoms with Crippen molar-refractivity contribution < 1.29 is 9.84 Å². The Bertz CT molecular complexity index is 286. The molecule has 0 aromatic heterocycles. The summed E-state index contributed by atoms with van der Waals surface area (Å²) in [5.74, 6) is 0.232. The van der Waals surface area contributed by atoms with E-state index in [1.807, 2.05) is 19.1 Å². The summed E-state index contributed by atoms with van der Waals surface area (Å²) >= 11 is 0. The van der Waals surface area contributed by atoms with Crippen molar-refractivity contribution in [1.82, 2.24) is 0 Å². The molecule has 72 valence electrons. The van der Waals surface area contributed by atoms with Crippen molar-refractivity contribution in [2.45, 2.75) is 13.0 Å². The van der Waals surface area contributed by atoms with E-state index in [-0.39, 0.29) is 11.8 Å². The van der Waals surface area contributed by atoms with Crippen molar-refractivity contribution in [1.29, 1.82) is 0 Å². The average molecular weight is 181 g/mol. The normalized spacial score (nSPS) is 12.8. The van der Waals surface area contributed by atoms with Crippen LogP contribution in [0.5, 0.6) is 5.75 Å². The molecule has 3 N–H and O–H groups in total. The van der Waals surface area contributed by atoms with E-state index in [4.69, 9.17) is 10.5 Å². The zero-order chi connectivity index (χ0) is 9.84. The van der Waals surface area contributed by atoms with Gasteiger partial charge in [0.2, 0.25) is 0 Å². The van der Waals surface area contributed by atoms with Gasteiger partial charge in [-0.25, -0.2) is 0 Å². The van der Waals surface area contributed by atoms with Gasteiger partial charge in [0.1, 0.15) is 5.75 Å². The van der Waals surface area contributed by atoms with Gasteiger partial charge in [-0.15, -0.1) is 0 Å². The molecule has 0 saturated carbocycles. The summed E-state index contributed by atoms with van der Waals surface area (Å²) in [6.07, 6.45) is 0. The first-order valence-electron chi connectivity index (χ1n) is 4.19. The summed E-state index contributed by atoms with van der Waals surface area (Å²) < 4.78 is 4.92. The minimum absolute atomic E-state index is 0.232. The van der Waals surface area contributed by atoms with Gasteiger partial charge >= 0.3 is 0 Å². The highest BCUT2D eigenvalue weighted by Gasteiger charge is 2.10. The summed E-state index contributed by atoms with van der Waals surface area (Å²) in [5, 5.41) is 9.50. The van der Waals surface area contributed by atoms with E-state index in [0.717, 1.165) is 11.1 Å². The van der Waals surface area contributed by atoms with Gasteiger partial charge in [-0.1, -0.05) is 17.7 Å². The van der Waals surface area contributed by atoms with Crippen LogP contribution in [0.2, 0.25) is 0 Å². The summed E-state index contributed by atoms with van der Waals surface area (Å²) in [7, 11) is 1.59. The lowest BCUT2D eigenvalue weighted by molar-refractivity contribution is 0.180. The van der Waals surface area contributed by atoms with E-state index in [9.17, 15) is 5.11 Å². The van der Waals surface area contributed by atoms with Crippen molar-refractivity contribution >= 4 is 0 Å². The van der Waals surface area contributed by atoms with Crippen LogP contribution in [0, 0.1) is 6.92 Å². The van der Waals surface area contributed by atoms with Crippen molar-refractivity contribution in [3.8, 4) is 5.75 Å². The maximum absolute atomic E-state index is 9.50. The highest BCUT2D eigenvalue weighted by atomic mass is 16.5. The third-order valence-electron chi connectivity index (χ3n) is 1.93. The minimum Gasteiger partial charge on any atom is -0.508 e. The van der Waals surface area contributed by atoms with Crippen LogP contribution in [0.15, 0.2) is 18.2 Å². The Labute approximate surface area is 78.1 Å². The Hall–Kier alpha value is -1.06. The van der Waals surface area contributed by atoms with Gasteiger partial charge in [-0.2, -0.15) is 0 Å². The molecule has 0 aliphatic carbocycles. The molecule has 1 rings (SSSR count). The number of phenols is 1. The molecule has 0 bridgehead atoms. The number of methoxy groups -OCH3 is 1. The molecule has 0 amide bonds. The highest BCUT2D eigenvalue weighted by molar-refractivity contribution is 5.37. The molecule has 0 unspecified atom stereocenters. The first-order valence-corrected chi connectivity index (χ1v) is 4.19. The standard InChI is InChI=1S/C10H15NO2/c1-7-3-4-10(12)8(5-7)9(11)6-13-2/h3-5,9,12H,6,11H2,1-2H3/t9-/m0/s1. The van der Waals surface area contributed by atoms with E-state index < -0.39 is 0 Å². The first kappa shape index (κ1) is 10.0. The van der Waals surface area contributed by atoms with Gasteiger partial charge in [0.05, 0.1) is 12.6 Å². The second kappa shape index (κ2) is 4.25. The van der Waals surface area contributed by atoms with Gasteiger partial charge in [-0.05, 0) is 13.0 Å². The highest BCUT2D eigenvalue weighted by Crippen LogP contribution is 2.23. The molecule has 1 aromatic carbocycles. The van der Waals surface area contributed by atoms with Crippen molar-refractivity contribution in [3.63, 3.8) is 0 Å². The summed E-state index contributed by atoms with van der Waals surface area (Å²) in [6, 6.07) is 5.11. The maximum atomic E-state index is 9.50. The topological polar surface area (TPSA) is 55.5 Å². The summed E-state index contributed by atoms with van der Waals surface area (Å²) in [6.45, 7) is 2.37. The van der Waals surface area contributed by atoms with E-state index in [1.165, 1.54) is 0 Å². The number of phenolic OH excluding ortho intramolecular Hbond substituents is 1. The van der Waals surface area contributed by atoms with E-state index in [2.05, 4.69) is 0 Å². The number of hydrogen-bond acceptors (Lipinski definition) is 3. The number of nitrogens with two attached hydrogens (primary N) is 1. The second-order valence-electron chi connectivity index (χ2n) is 3.12. The Balaban J connectivity index is 2.91. The molecule has 3 nitrogen and oxygen atoms in total. The number of aromatic hydroxyl groups is 1.